The van der Waals surface area contributed by atoms with E-state index in [9.17, 15) is 14.7 Å². The van der Waals surface area contributed by atoms with Crippen molar-refractivity contribution in [2.45, 2.75) is 63.8 Å². The van der Waals surface area contributed by atoms with Crippen molar-refractivity contribution < 1.29 is 19.4 Å². The average Bonchev–Trinajstić information content (AvgIpc) is 2.85. The minimum atomic E-state index is -0.769. The summed E-state index contributed by atoms with van der Waals surface area (Å²) in [7, 11) is 0. The van der Waals surface area contributed by atoms with Crippen LogP contribution in [0.2, 0.25) is 0 Å². The number of aliphatic carboxylic acids is 1. The Labute approximate surface area is 200 Å². The van der Waals surface area contributed by atoms with Gasteiger partial charge in [0.25, 0.3) is 5.91 Å². The quantitative estimate of drug-likeness (QED) is 0.578. The third kappa shape index (κ3) is 6.68. The van der Waals surface area contributed by atoms with E-state index >= 15 is 0 Å². The first-order valence-corrected chi connectivity index (χ1v) is 12.4. The Morgan fingerprint density at radius 2 is 1.97 bits per heavy atom. The molecule has 3 heterocycles. The number of ether oxygens (including phenoxy) is 1. The fourth-order valence-corrected chi connectivity index (χ4v) is 4.90. The van der Waals surface area contributed by atoms with Crippen molar-refractivity contribution >= 4 is 17.7 Å². The second-order valence-corrected chi connectivity index (χ2v) is 9.34. The summed E-state index contributed by atoms with van der Waals surface area (Å²) < 4.78 is 6.05. The van der Waals surface area contributed by atoms with Crippen LogP contribution < -0.4 is 15.0 Å². The second kappa shape index (κ2) is 11.8. The molecule has 0 aromatic carbocycles. The van der Waals surface area contributed by atoms with Crippen LogP contribution in [0.4, 0.5) is 5.82 Å². The number of aromatic nitrogens is 2. The Hall–Kier alpha value is -3.16. The van der Waals surface area contributed by atoms with Gasteiger partial charge in [-0.3, -0.25) is 14.6 Å². The number of carboxylic acid groups (broad SMARTS) is 1. The molecule has 2 N–H and O–H groups in total. The number of carboxylic acids is 1. The van der Waals surface area contributed by atoms with E-state index in [1.165, 1.54) is 6.42 Å². The van der Waals surface area contributed by atoms with Gasteiger partial charge in [-0.1, -0.05) is 25.3 Å². The minimum Gasteiger partial charge on any atom is -0.481 e. The molecule has 0 spiro atoms. The summed E-state index contributed by atoms with van der Waals surface area (Å²) in [5.74, 6) is 0.228. The van der Waals surface area contributed by atoms with Gasteiger partial charge in [-0.2, -0.15) is 4.98 Å². The number of carbonyl (C=O) groups is 2. The van der Waals surface area contributed by atoms with Crippen LogP contribution in [0.5, 0.6) is 5.88 Å². The first kappa shape index (κ1) is 24.0. The number of carbonyl (C=O) groups excluding carboxylic acids is 1. The van der Waals surface area contributed by atoms with Crippen LogP contribution in [0, 0.1) is 5.92 Å². The van der Waals surface area contributed by atoms with Crippen molar-refractivity contribution in [1.29, 1.82) is 0 Å². The largest absolute Gasteiger partial charge is 0.481 e. The summed E-state index contributed by atoms with van der Waals surface area (Å²) in [6.07, 6.45) is 11.7. The lowest BCUT2D eigenvalue weighted by atomic mass is 9.95. The van der Waals surface area contributed by atoms with E-state index in [2.05, 4.69) is 15.2 Å². The van der Waals surface area contributed by atoms with Gasteiger partial charge < -0.3 is 20.1 Å². The van der Waals surface area contributed by atoms with Gasteiger partial charge >= 0.3 is 5.97 Å². The normalized spacial score (nSPS) is 18.9. The molecule has 34 heavy (non-hydrogen) atoms. The predicted molar refractivity (Wildman–Crippen MR) is 129 cm³/mol. The van der Waals surface area contributed by atoms with Crippen LogP contribution in [0.3, 0.4) is 0 Å². The lowest BCUT2D eigenvalue weighted by molar-refractivity contribution is -0.138. The summed E-state index contributed by atoms with van der Waals surface area (Å²) in [6.45, 7) is 1.83. The number of hydrogen-bond donors (Lipinski definition) is 2. The van der Waals surface area contributed by atoms with Crippen LogP contribution in [0.1, 0.15) is 67.3 Å². The number of amides is 1. The van der Waals surface area contributed by atoms with Crippen molar-refractivity contribution in [3.05, 3.63) is 47.8 Å². The van der Waals surface area contributed by atoms with Crippen LogP contribution in [-0.2, 0) is 11.2 Å². The van der Waals surface area contributed by atoms with Gasteiger partial charge in [0.05, 0.1) is 6.61 Å². The molecule has 182 valence electrons. The number of anilines is 1. The SMILES string of the molecule is O=C(O)CC1CCCN(c2ccc(C(=O)NC3CCCCC3)c(OCCc3cccnc3)n2)C1. The molecule has 1 aliphatic heterocycles. The molecule has 2 aromatic heterocycles. The van der Waals surface area contributed by atoms with Gasteiger partial charge in [-0.05, 0) is 55.4 Å². The number of pyridine rings is 2. The lowest BCUT2D eigenvalue weighted by Crippen LogP contribution is -2.38. The van der Waals surface area contributed by atoms with E-state index in [0.29, 0.717) is 31.0 Å². The number of nitrogens with zero attached hydrogens (tertiary/aromatic N) is 3. The molecular formula is C26H34N4O4. The van der Waals surface area contributed by atoms with E-state index in [-0.39, 0.29) is 24.3 Å². The fourth-order valence-electron chi connectivity index (χ4n) is 4.90. The molecule has 1 saturated carbocycles. The molecule has 1 saturated heterocycles. The van der Waals surface area contributed by atoms with Crippen molar-refractivity contribution in [3.8, 4) is 5.88 Å². The highest BCUT2D eigenvalue weighted by Crippen LogP contribution is 2.28. The van der Waals surface area contributed by atoms with Crippen molar-refractivity contribution in [2.24, 2.45) is 5.92 Å². The lowest BCUT2D eigenvalue weighted by Gasteiger charge is -2.33. The van der Waals surface area contributed by atoms with Crippen molar-refractivity contribution in [2.75, 3.05) is 24.6 Å². The molecule has 0 bridgehead atoms. The molecule has 1 unspecified atom stereocenters. The average molecular weight is 467 g/mol. The fraction of sp³-hybridized carbons (Fsp3) is 0.538. The Morgan fingerprint density at radius 1 is 1.12 bits per heavy atom. The third-order valence-corrected chi connectivity index (χ3v) is 6.69. The standard InChI is InChI=1S/C26H34N4O4/c31-24(32)16-20-7-5-14-30(18-20)23-11-10-22(25(33)28-21-8-2-1-3-9-21)26(29-23)34-15-12-19-6-4-13-27-17-19/h4,6,10-11,13,17,20-21H,1-3,5,7-9,12,14-16,18H2,(H,28,33)(H,31,32). The molecule has 4 rings (SSSR count). The highest BCUT2D eigenvalue weighted by Gasteiger charge is 2.25. The van der Waals surface area contributed by atoms with Gasteiger partial charge in [0.1, 0.15) is 11.4 Å². The highest BCUT2D eigenvalue weighted by molar-refractivity contribution is 5.96. The first-order chi connectivity index (χ1) is 16.6. The van der Waals surface area contributed by atoms with E-state index in [0.717, 1.165) is 56.5 Å². The summed E-state index contributed by atoms with van der Waals surface area (Å²) >= 11 is 0. The highest BCUT2D eigenvalue weighted by atomic mass is 16.5. The number of piperidine rings is 1. The molecule has 2 aliphatic rings. The van der Waals surface area contributed by atoms with Crippen LogP contribution in [0.15, 0.2) is 36.7 Å². The Bertz CT molecular complexity index is 963. The van der Waals surface area contributed by atoms with E-state index < -0.39 is 5.97 Å². The number of hydrogen-bond acceptors (Lipinski definition) is 6. The molecule has 8 heteroatoms. The second-order valence-electron chi connectivity index (χ2n) is 9.34. The van der Waals surface area contributed by atoms with E-state index in [1.54, 1.807) is 18.5 Å². The Balaban J connectivity index is 1.49. The topological polar surface area (TPSA) is 105 Å². The maximum absolute atomic E-state index is 13.1. The van der Waals surface area contributed by atoms with Crippen LogP contribution >= 0.6 is 0 Å². The predicted octanol–water partition coefficient (Wildman–Crippen LogP) is 3.85. The number of rotatable bonds is 9. The summed E-state index contributed by atoms with van der Waals surface area (Å²) in [6, 6.07) is 7.73. The molecule has 1 atom stereocenters. The first-order valence-electron chi connectivity index (χ1n) is 12.4. The van der Waals surface area contributed by atoms with Crippen molar-refractivity contribution in [3.63, 3.8) is 0 Å². The molecule has 8 nitrogen and oxygen atoms in total. The zero-order valence-corrected chi connectivity index (χ0v) is 19.6. The number of nitrogens with one attached hydrogen (secondary N) is 1. The van der Waals surface area contributed by atoms with Gasteiger partial charge in [0, 0.05) is 44.4 Å². The maximum atomic E-state index is 13.1. The van der Waals surface area contributed by atoms with Crippen LogP contribution in [-0.4, -0.2) is 52.7 Å². The van der Waals surface area contributed by atoms with E-state index in [1.807, 2.05) is 18.2 Å². The minimum absolute atomic E-state index is 0.0947. The summed E-state index contributed by atoms with van der Waals surface area (Å²) in [5, 5.41) is 12.4. The molecule has 2 aromatic rings. The van der Waals surface area contributed by atoms with Crippen LogP contribution in [0.25, 0.3) is 0 Å². The zero-order valence-electron chi connectivity index (χ0n) is 19.6. The monoisotopic (exact) mass is 466 g/mol. The zero-order chi connectivity index (χ0) is 23.8. The van der Waals surface area contributed by atoms with Gasteiger partial charge in [-0.25, -0.2) is 0 Å². The molecule has 1 amide bonds. The summed E-state index contributed by atoms with van der Waals surface area (Å²) in [4.78, 5) is 35.3. The molecule has 1 aliphatic carbocycles. The summed E-state index contributed by atoms with van der Waals surface area (Å²) in [5.41, 5.74) is 1.50. The molecular weight excluding hydrogens is 432 g/mol. The smallest absolute Gasteiger partial charge is 0.303 e. The molecule has 0 radical (unpaired) electrons. The van der Waals surface area contributed by atoms with Crippen molar-refractivity contribution in [1.82, 2.24) is 15.3 Å². The Morgan fingerprint density at radius 3 is 2.74 bits per heavy atom. The van der Waals surface area contributed by atoms with Gasteiger partial charge in [0.2, 0.25) is 5.88 Å². The van der Waals surface area contributed by atoms with Gasteiger partial charge in [0.15, 0.2) is 0 Å². The maximum Gasteiger partial charge on any atom is 0.303 e. The third-order valence-electron chi connectivity index (χ3n) is 6.69. The molecule has 2 fully saturated rings. The van der Waals surface area contributed by atoms with Gasteiger partial charge in [-0.15, -0.1) is 0 Å². The van der Waals surface area contributed by atoms with E-state index in [4.69, 9.17) is 9.72 Å². The Kier molecular flexibility index (Phi) is 8.33.